The second-order valence-electron chi connectivity index (χ2n) is 14.4. The number of hydrogen-bond donors (Lipinski definition) is 0. The fourth-order valence-electron chi connectivity index (χ4n) is 7.25. The molecule has 14 nitrogen and oxygen atoms in total. The molecule has 304 valence electrons. The van der Waals surface area contributed by atoms with Crippen LogP contribution in [0.2, 0.25) is 0 Å². The van der Waals surface area contributed by atoms with Crippen LogP contribution >= 0.6 is 0 Å². The Balaban J connectivity index is 2.47. The Morgan fingerprint density at radius 1 is 0.696 bits per heavy atom. The predicted octanol–water partition coefficient (Wildman–Crippen LogP) is 5.82. The van der Waals surface area contributed by atoms with E-state index in [2.05, 4.69) is 0 Å². The summed E-state index contributed by atoms with van der Waals surface area (Å²) < 4.78 is 40.8. The molecule has 6 atom stereocenters. The van der Waals surface area contributed by atoms with Crippen LogP contribution in [-0.4, -0.2) is 78.9 Å². The highest BCUT2D eigenvalue weighted by Gasteiger charge is 2.51. The average Bonchev–Trinajstić information content (AvgIpc) is 3.07. The molecule has 1 aromatic rings. The molecule has 0 unspecified atom stereocenters. The largest absolute Gasteiger partial charge is 0.461 e. The number of benzene rings is 1. The van der Waals surface area contributed by atoms with Gasteiger partial charge in [-0.1, -0.05) is 44.2 Å². The maximum Gasteiger partial charge on any atom is 0.331 e. The van der Waals surface area contributed by atoms with Crippen LogP contribution in [0.4, 0.5) is 0 Å². The number of carbonyl (C=O) groups excluding carboxylic acids is 7. The number of fused-ring (bicyclic) bond motifs is 2. The summed E-state index contributed by atoms with van der Waals surface area (Å²) in [7, 11) is 0. The van der Waals surface area contributed by atoms with E-state index in [1.165, 1.54) is 47.6 Å². The Kier molecular flexibility index (Phi) is 15.9. The third-order valence-electron chi connectivity index (χ3n) is 9.54. The van der Waals surface area contributed by atoms with Gasteiger partial charge in [0.2, 0.25) is 0 Å². The molecule has 0 N–H and O–H groups in total. The quantitative estimate of drug-likeness (QED) is 0.120. The summed E-state index contributed by atoms with van der Waals surface area (Å²) in [5.41, 5.74) is 1.01. The van der Waals surface area contributed by atoms with Gasteiger partial charge in [-0.3, -0.25) is 28.8 Å². The van der Waals surface area contributed by atoms with Crippen molar-refractivity contribution in [2.75, 3.05) is 6.61 Å². The molecule has 3 rings (SSSR count). The summed E-state index contributed by atoms with van der Waals surface area (Å²) in [6.45, 7) is 13.7. The van der Waals surface area contributed by atoms with Crippen molar-refractivity contribution >= 4 is 47.9 Å². The first kappa shape index (κ1) is 44.9. The summed E-state index contributed by atoms with van der Waals surface area (Å²) in [5.74, 6) is -5.84. The molecule has 0 radical (unpaired) electrons. The fourth-order valence-corrected chi connectivity index (χ4v) is 7.25. The van der Waals surface area contributed by atoms with Crippen molar-refractivity contribution in [1.29, 1.82) is 0 Å². The van der Waals surface area contributed by atoms with Crippen molar-refractivity contribution in [1.82, 2.24) is 0 Å². The van der Waals surface area contributed by atoms with Crippen LogP contribution in [-0.2, 0) is 66.7 Å². The number of ether oxygens (including phenoxy) is 7. The van der Waals surface area contributed by atoms with Crippen LogP contribution in [0.1, 0.15) is 94.1 Å². The van der Waals surface area contributed by atoms with Gasteiger partial charge in [-0.15, -0.1) is 0 Å². The van der Waals surface area contributed by atoms with Crippen molar-refractivity contribution in [3.05, 3.63) is 76.1 Å². The minimum atomic E-state index is -1.46. The molecule has 0 aromatic heterocycles. The fraction of sp³-hybridized carbons (Fsp3) is 0.500. The van der Waals surface area contributed by atoms with E-state index in [1.54, 1.807) is 43.3 Å². The first-order valence-electron chi connectivity index (χ1n) is 18.2. The van der Waals surface area contributed by atoms with Crippen LogP contribution in [0.3, 0.4) is 0 Å². The third kappa shape index (κ3) is 12.8. The molecular weight excluding hydrogens is 728 g/mol. The average molecular weight is 781 g/mol. The van der Waals surface area contributed by atoms with Crippen molar-refractivity contribution in [3.8, 4) is 0 Å². The van der Waals surface area contributed by atoms with Gasteiger partial charge in [0.25, 0.3) is 0 Å². The molecule has 2 bridgehead atoms. The normalized spacial score (nSPS) is 26.1. The molecule has 14 heteroatoms. The van der Waals surface area contributed by atoms with E-state index < -0.39 is 83.6 Å². The summed E-state index contributed by atoms with van der Waals surface area (Å²) in [4.78, 5) is 89.3. The summed E-state index contributed by atoms with van der Waals surface area (Å²) in [5, 5.41) is 0. The number of rotatable bonds is 10. The zero-order valence-electron chi connectivity index (χ0n) is 33.6. The third-order valence-corrected chi connectivity index (χ3v) is 9.54. The van der Waals surface area contributed by atoms with Crippen molar-refractivity contribution < 1.29 is 66.7 Å². The Morgan fingerprint density at radius 3 is 1.80 bits per heavy atom. The second-order valence-corrected chi connectivity index (χ2v) is 14.4. The Morgan fingerprint density at radius 2 is 1.27 bits per heavy atom. The summed E-state index contributed by atoms with van der Waals surface area (Å²) >= 11 is 0. The molecule has 0 amide bonds. The van der Waals surface area contributed by atoms with Gasteiger partial charge < -0.3 is 33.2 Å². The van der Waals surface area contributed by atoms with E-state index in [0.717, 1.165) is 12.5 Å². The van der Waals surface area contributed by atoms with Gasteiger partial charge in [-0.25, -0.2) is 4.79 Å². The molecule has 0 saturated heterocycles. The van der Waals surface area contributed by atoms with Gasteiger partial charge in [-0.2, -0.15) is 0 Å². The van der Waals surface area contributed by atoms with Crippen molar-refractivity contribution in [2.24, 2.45) is 11.3 Å². The maximum atomic E-state index is 13.4. The molecule has 0 aliphatic heterocycles. The number of esters is 7. The first-order valence-corrected chi connectivity index (χ1v) is 18.2. The zero-order chi connectivity index (χ0) is 41.9. The van der Waals surface area contributed by atoms with E-state index in [-0.39, 0.29) is 37.2 Å². The lowest BCUT2D eigenvalue weighted by Crippen LogP contribution is -2.48. The van der Waals surface area contributed by atoms with Gasteiger partial charge in [0, 0.05) is 72.0 Å². The van der Waals surface area contributed by atoms with Gasteiger partial charge in [0.05, 0.1) is 0 Å². The number of hydrogen-bond acceptors (Lipinski definition) is 14. The Bertz CT molecular complexity index is 1800. The van der Waals surface area contributed by atoms with Gasteiger partial charge in [-0.05, 0) is 60.1 Å². The van der Waals surface area contributed by atoms with E-state index in [0.29, 0.717) is 16.7 Å². The molecule has 2 aliphatic rings. The lowest BCUT2D eigenvalue weighted by molar-refractivity contribution is -0.156. The maximum absolute atomic E-state index is 13.4. The summed E-state index contributed by atoms with van der Waals surface area (Å²) in [6.07, 6.45) is -1.64. The Hall–Kier alpha value is -5.53. The molecule has 2 aliphatic carbocycles. The monoisotopic (exact) mass is 780 g/mol. The smallest absolute Gasteiger partial charge is 0.331 e. The molecule has 0 saturated carbocycles. The van der Waals surface area contributed by atoms with Crippen LogP contribution in [0.25, 0.3) is 6.08 Å². The standard InChI is InChI=1S/C42H52O14/c1-23-36(52-27(5)45)21-34-37(53-28(6)46)19-32(22-50-25(3)43)18-33(56-38(49)17-16-31-14-12-11-13-15-31)20-35(51-26(4)44)24(2)40(54-29(7)47)41(55-30(8)48)39(23)42(34,9)10/h11-17,19,33-37,41H,18,20-22H2,1-10H3/b17-16+,32-19-,40-24+/t33-,34+,35+,36+,37+,41-/m1/s1. The van der Waals surface area contributed by atoms with Gasteiger partial charge >= 0.3 is 41.8 Å². The van der Waals surface area contributed by atoms with Crippen LogP contribution in [0.15, 0.2) is 70.5 Å². The molecule has 0 fully saturated rings. The number of carbonyl (C=O) groups is 7. The van der Waals surface area contributed by atoms with Crippen LogP contribution < -0.4 is 0 Å². The highest BCUT2D eigenvalue weighted by atomic mass is 16.6. The minimum absolute atomic E-state index is 0.112. The highest BCUT2D eigenvalue weighted by molar-refractivity contribution is 5.87. The minimum Gasteiger partial charge on any atom is -0.461 e. The van der Waals surface area contributed by atoms with E-state index >= 15 is 0 Å². The second kappa shape index (κ2) is 19.9. The molecular formula is C42H52O14. The molecule has 0 spiro atoms. The Labute approximate surface area is 327 Å². The lowest BCUT2D eigenvalue weighted by atomic mass is 9.60. The highest BCUT2D eigenvalue weighted by Crippen LogP contribution is 2.51. The van der Waals surface area contributed by atoms with Crippen molar-refractivity contribution in [3.63, 3.8) is 0 Å². The topological polar surface area (TPSA) is 184 Å². The van der Waals surface area contributed by atoms with E-state index in [1.807, 2.05) is 19.9 Å². The van der Waals surface area contributed by atoms with Gasteiger partial charge in [0.15, 0.2) is 11.9 Å². The SMILES string of the molecule is CC(=O)OC/C1=C\[C@H](OC(C)=O)[C@@H]2C[C@H](OC(C)=O)C(C)=C([C@@H](OC(C)=O)/C(OC(C)=O)=C(/C)[C@@H](OC(C)=O)C[C@H](OC(=O)/C=C/c3ccccc3)C1)C2(C)C. The van der Waals surface area contributed by atoms with Gasteiger partial charge in [0.1, 0.15) is 31.0 Å². The predicted molar refractivity (Wildman–Crippen MR) is 201 cm³/mol. The van der Waals surface area contributed by atoms with Crippen molar-refractivity contribution in [2.45, 2.75) is 119 Å². The summed E-state index contributed by atoms with van der Waals surface area (Å²) in [6, 6.07) is 9.01. The first-order chi connectivity index (χ1) is 26.2. The molecule has 1 aromatic carbocycles. The van der Waals surface area contributed by atoms with Crippen LogP contribution in [0, 0.1) is 11.3 Å². The molecule has 56 heavy (non-hydrogen) atoms. The van der Waals surface area contributed by atoms with E-state index in [9.17, 15) is 33.6 Å². The molecule has 0 heterocycles. The zero-order valence-corrected chi connectivity index (χ0v) is 33.6. The van der Waals surface area contributed by atoms with Crippen LogP contribution in [0.5, 0.6) is 0 Å². The van der Waals surface area contributed by atoms with E-state index in [4.69, 9.17) is 33.2 Å². The lowest BCUT2D eigenvalue weighted by Gasteiger charge is -2.48.